The first kappa shape index (κ1) is 35.5. The molecule has 0 bridgehead atoms. The number of aliphatic hydroxyl groups is 4. The van der Waals surface area contributed by atoms with Gasteiger partial charge in [0.05, 0.1) is 0 Å². The van der Waals surface area contributed by atoms with E-state index in [1.807, 2.05) is 18.2 Å². The minimum absolute atomic E-state index is 0.785. The van der Waals surface area contributed by atoms with Gasteiger partial charge in [0.2, 0.25) is 0 Å². The number of hydrogen-bond acceptors (Lipinski definition) is 5. The van der Waals surface area contributed by atoms with Gasteiger partial charge in [-0.15, -0.1) is 0 Å². The molecule has 39 heavy (non-hydrogen) atoms. The maximum Gasteiger partial charge on any atom is 0.145 e. The second kappa shape index (κ2) is 26.1. The molecule has 4 N–H and O–H groups in total. The van der Waals surface area contributed by atoms with E-state index in [9.17, 15) is 25.2 Å². The molecule has 0 aliphatic heterocycles. The van der Waals surface area contributed by atoms with Crippen molar-refractivity contribution >= 4 is 6.29 Å². The molecule has 0 saturated carbocycles. The molecule has 0 saturated heterocycles. The number of carbonyl (C=O) groups is 1. The van der Waals surface area contributed by atoms with Crippen LogP contribution in [0.2, 0.25) is 0 Å². The maximum atomic E-state index is 11.3. The number of carbonyl (C=O) groups excluding carboxylic acids is 1. The molecule has 0 aliphatic carbocycles. The van der Waals surface area contributed by atoms with Gasteiger partial charge in [0.1, 0.15) is 30.7 Å². The summed E-state index contributed by atoms with van der Waals surface area (Å²) in [5.41, 5.74) is 0.862. The van der Waals surface area contributed by atoms with Crippen molar-refractivity contribution in [2.45, 2.75) is 95.0 Å². The highest BCUT2D eigenvalue weighted by Gasteiger charge is 1.97. The monoisotopic (exact) mass is 530 g/mol. The van der Waals surface area contributed by atoms with Gasteiger partial charge in [-0.25, -0.2) is 0 Å². The van der Waals surface area contributed by atoms with Gasteiger partial charge in [0, 0.05) is 0 Å². The number of unbranched alkanes of at least 4 members (excludes halogenated alkanes) is 8. The van der Waals surface area contributed by atoms with Crippen molar-refractivity contribution in [3.05, 3.63) is 61.3 Å². The zero-order valence-corrected chi connectivity index (χ0v) is 22.8. The topological polar surface area (TPSA) is 98.0 Å². The molecule has 208 valence electrons. The van der Waals surface area contributed by atoms with Crippen LogP contribution >= 0.6 is 0 Å². The summed E-state index contributed by atoms with van der Waals surface area (Å²) in [5.74, 6) is 20.0. The first-order valence-corrected chi connectivity index (χ1v) is 13.4. The van der Waals surface area contributed by atoms with E-state index in [0.717, 1.165) is 82.5 Å². The van der Waals surface area contributed by atoms with Gasteiger partial charge in [-0.1, -0.05) is 86.5 Å². The lowest BCUT2D eigenvalue weighted by Gasteiger charge is -2.02. The number of allylic oxidation sites excluding steroid dienone is 4. The fraction of sp³-hybridized carbons (Fsp3) is 0.441. The zero-order valence-electron chi connectivity index (χ0n) is 22.8. The molecule has 0 fully saturated rings. The van der Waals surface area contributed by atoms with Gasteiger partial charge in [-0.2, -0.15) is 0 Å². The van der Waals surface area contributed by atoms with Gasteiger partial charge in [0.25, 0.3) is 0 Å². The third-order valence-corrected chi connectivity index (χ3v) is 5.31. The first-order valence-electron chi connectivity index (χ1n) is 13.4. The number of aliphatic hydroxyl groups excluding tert-OH is 4. The lowest BCUT2D eigenvalue weighted by molar-refractivity contribution is -0.105. The second-order valence-electron chi connectivity index (χ2n) is 8.67. The largest absolute Gasteiger partial charge is 0.377 e. The smallest absolute Gasteiger partial charge is 0.145 e. The van der Waals surface area contributed by atoms with E-state index in [0.29, 0.717) is 0 Å². The van der Waals surface area contributed by atoms with Gasteiger partial charge in [-0.3, -0.25) is 4.79 Å². The summed E-state index contributed by atoms with van der Waals surface area (Å²) in [6.07, 6.45) is 19.7. The Kier molecular flexibility index (Phi) is 23.7. The summed E-state index contributed by atoms with van der Waals surface area (Å²) < 4.78 is 0. The van der Waals surface area contributed by atoms with Gasteiger partial charge in [-0.05, 0) is 92.8 Å². The van der Waals surface area contributed by atoms with Crippen molar-refractivity contribution in [3.63, 3.8) is 0 Å². The summed E-state index contributed by atoms with van der Waals surface area (Å²) in [6.45, 7) is 6.81. The minimum atomic E-state index is -0.910. The van der Waals surface area contributed by atoms with Crippen molar-refractivity contribution in [1.29, 1.82) is 0 Å². The molecule has 0 aromatic rings. The Labute approximate surface area is 235 Å². The molecular formula is C34H42O5. The highest BCUT2D eigenvalue weighted by Crippen LogP contribution is 2.12. The van der Waals surface area contributed by atoms with E-state index in [1.54, 1.807) is 12.2 Å². The summed E-state index contributed by atoms with van der Waals surface area (Å²) in [5, 5.41) is 37.8. The molecular weight excluding hydrogens is 488 g/mol. The third kappa shape index (κ3) is 24.5. The van der Waals surface area contributed by atoms with E-state index in [1.165, 1.54) is 12.2 Å². The zero-order chi connectivity index (χ0) is 29.0. The highest BCUT2D eigenvalue weighted by molar-refractivity contribution is 5.72. The predicted molar refractivity (Wildman–Crippen MR) is 159 cm³/mol. The Bertz CT molecular complexity index is 1050. The van der Waals surface area contributed by atoms with Crippen LogP contribution < -0.4 is 0 Å². The van der Waals surface area contributed by atoms with Crippen LogP contribution in [-0.4, -0.2) is 51.1 Å². The van der Waals surface area contributed by atoms with Crippen LogP contribution in [0.15, 0.2) is 61.3 Å². The summed E-state index contributed by atoms with van der Waals surface area (Å²) in [4.78, 5) is 11.3. The van der Waals surface area contributed by atoms with Crippen molar-refractivity contribution in [2.24, 2.45) is 0 Å². The predicted octanol–water partition coefficient (Wildman–Crippen LogP) is 4.34. The van der Waals surface area contributed by atoms with Gasteiger partial charge in [0.15, 0.2) is 0 Å². The van der Waals surface area contributed by atoms with Crippen LogP contribution in [0.1, 0.15) is 70.6 Å². The quantitative estimate of drug-likeness (QED) is 0.0695. The van der Waals surface area contributed by atoms with E-state index >= 15 is 0 Å². The van der Waals surface area contributed by atoms with Crippen LogP contribution in [0.3, 0.4) is 0 Å². The van der Waals surface area contributed by atoms with E-state index < -0.39 is 24.4 Å². The number of rotatable bonds is 18. The number of hydrogen-bond donors (Lipinski definition) is 4. The summed E-state index contributed by atoms with van der Waals surface area (Å²) in [7, 11) is 0. The third-order valence-electron chi connectivity index (χ3n) is 5.31. The number of aldehydes is 1. The van der Waals surface area contributed by atoms with Gasteiger partial charge >= 0.3 is 0 Å². The average Bonchev–Trinajstić information content (AvgIpc) is 2.94. The Morgan fingerprint density at radius 2 is 1.00 bits per heavy atom. The molecule has 0 aromatic heterocycles. The second-order valence-corrected chi connectivity index (χ2v) is 8.67. The molecule has 5 nitrogen and oxygen atoms in total. The molecule has 0 aromatic carbocycles. The van der Waals surface area contributed by atoms with Crippen molar-refractivity contribution in [3.8, 4) is 47.4 Å². The minimum Gasteiger partial charge on any atom is -0.377 e. The molecule has 0 rings (SSSR count). The van der Waals surface area contributed by atoms with Crippen LogP contribution in [-0.2, 0) is 4.79 Å². The van der Waals surface area contributed by atoms with E-state index in [2.05, 4.69) is 60.5 Å². The average molecular weight is 531 g/mol. The van der Waals surface area contributed by atoms with Crippen LogP contribution in [0.4, 0.5) is 0 Å². The summed E-state index contributed by atoms with van der Waals surface area (Å²) in [6, 6.07) is 0. The SMILES string of the molecule is C=C[C@H](O)C#CC#C[C@H](O)/C=C\CCCCC/C(C=O)=C\CCCCCC/C=C\[C@@H](O)C#CC#C[C@H](O)C=C. The molecule has 0 heterocycles. The van der Waals surface area contributed by atoms with Crippen molar-refractivity contribution in [2.75, 3.05) is 0 Å². The highest BCUT2D eigenvalue weighted by atomic mass is 16.3. The molecule has 0 radical (unpaired) electrons. The standard InChI is InChI=1S/C34H42O5/c1-3-31(36)23-17-19-27-33(38)25-15-11-7-5-6-9-13-21-30(29-35)22-14-10-8-12-16-26-34(39)28-20-18-24-32(37)4-2/h3-4,15-16,21,25-26,29,31-34,36-39H,1-2,5-14,22H2/b25-15-,26-16-,30-21+/t31-,32+,33-,34-/m1/s1. The van der Waals surface area contributed by atoms with E-state index in [4.69, 9.17) is 0 Å². The molecule has 5 heteroatoms. The molecule has 4 atom stereocenters. The Balaban J connectivity index is 3.93. The Morgan fingerprint density at radius 1 is 0.590 bits per heavy atom. The van der Waals surface area contributed by atoms with Crippen molar-refractivity contribution in [1.82, 2.24) is 0 Å². The molecule has 0 spiro atoms. The van der Waals surface area contributed by atoms with Gasteiger partial charge < -0.3 is 20.4 Å². The molecule has 0 amide bonds. The van der Waals surface area contributed by atoms with Crippen LogP contribution in [0, 0.1) is 47.4 Å². The lowest BCUT2D eigenvalue weighted by Crippen LogP contribution is -1.97. The Morgan fingerprint density at radius 3 is 1.44 bits per heavy atom. The summed E-state index contributed by atoms with van der Waals surface area (Å²) >= 11 is 0. The maximum absolute atomic E-state index is 11.3. The normalized spacial score (nSPS) is 13.8. The van der Waals surface area contributed by atoms with Crippen molar-refractivity contribution < 1.29 is 25.2 Å². The molecule has 0 unspecified atom stereocenters. The lowest BCUT2D eigenvalue weighted by atomic mass is 10.0. The molecule has 0 aliphatic rings. The van der Waals surface area contributed by atoms with Crippen LogP contribution in [0.25, 0.3) is 0 Å². The van der Waals surface area contributed by atoms with E-state index in [-0.39, 0.29) is 0 Å². The first-order chi connectivity index (χ1) is 18.9. The Hall–Kier alpha value is -3.55. The fourth-order valence-electron chi connectivity index (χ4n) is 3.13. The van der Waals surface area contributed by atoms with Crippen LogP contribution in [0.5, 0.6) is 0 Å². The fourth-order valence-corrected chi connectivity index (χ4v) is 3.13.